The summed E-state index contributed by atoms with van der Waals surface area (Å²) in [6.07, 6.45) is 1.45. The number of phenols is 2. The van der Waals surface area contributed by atoms with Crippen molar-refractivity contribution in [3.63, 3.8) is 0 Å². The van der Waals surface area contributed by atoms with Crippen molar-refractivity contribution in [1.82, 2.24) is 20.5 Å². The molecule has 0 saturated carbocycles. The molecule has 0 aliphatic heterocycles. The van der Waals surface area contributed by atoms with Crippen LogP contribution in [0.15, 0.2) is 24.5 Å². The van der Waals surface area contributed by atoms with E-state index in [9.17, 15) is 10.2 Å². The predicted molar refractivity (Wildman–Crippen MR) is 61.4 cm³/mol. The number of H-pyrrole nitrogens is 1. The third-order valence-corrected chi connectivity index (χ3v) is 2.47. The van der Waals surface area contributed by atoms with Gasteiger partial charge in [-0.1, -0.05) is 0 Å². The minimum atomic E-state index is -0.0156. The molecule has 1 atom stereocenters. The van der Waals surface area contributed by atoms with Crippen LogP contribution in [0.3, 0.4) is 0 Å². The Kier molecular flexibility index (Phi) is 3.24. The fourth-order valence-corrected chi connectivity index (χ4v) is 1.55. The summed E-state index contributed by atoms with van der Waals surface area (Å²) < 4.78 is 0. The van der Waals surface area contributed by atoms with E-state index in [2.05, 4.69) is 20.5 Å². The summed E-state index contributed by atoms with van der Waals surface area (Å²) in [4.78, 5) is 3.99. The Morgan fingerprint density at radius 2 is 2.00 bits per heavy atom. The molecule has 0 aliphatic rings. The number of rotatable bonds is 4. The lowest BCUT2D eigenvalue weighted by Gasteiger charge is -2.13. The molecule has 0 amide bonds. The molecule has 17 heavy (non-hydrogen) atoms. The van der Waals surface area contributed by atoms with Gasteiger partial charge >= 0.3 is 0 Å². The quantitative estimate of drug-likeness (QED) is 0.634. The molecule has 2 aromatic rings. The zero-order chi connectivity index (χ0) is 12.3. The number of nitrogens with one attached hydrogen (secondary N) is 2. The monoisotopic (exact) mass is 234 g/mol. The number of aromatic nitrogens is 3. The van der Waals surface area contributed by atoms with Gasteiger partial charge in [-0.2, -0.15) is 5.10 Å². The summed E-state index contributed by atoms with van der Waals surface area (Å²) in [5, 5.41) is 28.4. The standard InChI is InChI=1S/C11H14N4O2/c1-7(12-5-11-13-6-14-15-11)8-2-9(16)4-10(17)3-8/h2-4,6-7,12,16-17H,5H2,1H3,(H,13,14,15). The molecule has 0 aliphatic carbocycles. The summed E-state index contributed by atoms with van der Waals surface area (Å²) in [6.45, 7) is 2.47. The van der Waals surface area contributed by atoms with Gasteiger partial charge in [-0.15, -0.1) is 0 Å². The molecule has 4 N–H and O–H groups in total. The fraction of sp³-hybridized carbons (Fsp3) is 0.273. The van der Waals surface area contributed by atoms with Crippen LogP contribution in [0.5, 0.6) is 11.5 Å². The third-order valence-electron chi connectivity index (χ3n) is 2.47. The molecule has 2 rings (SSSR count). The highest BCUT2D eigenvalue weighted by Crippen LogP contribution is 2.24. The molecule has 0 saturated heterocycles. The van der Waals surface area contributed by atoms with Crippen LogP contribution in [0, 0.1) is 0 Å². The highest BCUT2D eigenvalue weighted by atomic mass is 16.3. The van der Waals surface area contributed by atoms with Crippen molar-refractivity contribution in [3.8, 4) is 11.5 Å². The molecule has 0 bridgehead atoms. The lowest BCUT2D eigenvalue weighted by molar-refractivity contribution is 0.445. The van der Waals surface area contributed by atoms with E-state index in [0.717, 1.165) is 11.4 Å². The Labute approximate surface area is 98.3 Å². The molecular formula is C11H14N4O2. The molecule has 1 heterocycles. The second-order valence-electron chi connectivity index (χ2n) is 3.82. The van der Waals surface area contributed by atoms with E-state index in [1.165, 1.54) is 12.4 Å². The van der Waals surface area contributed by atoms with Gasteiger partial charge in [0.25, 0.3) is 0 Å². The molecule has 0 fully saturated rings. The second kappa shape index (κ2) is 4.84. The van der Waals surface area contributed by atoms with Crippen LogP contribution in [0.2, 0.25) is 0 Å². The van der Waals surface area contributed by atoms with E-state index in [4.69, 9.17) is 0 Å². The number of hydrogen-bond donors (Lipinski definition) is 4. The van der Waals surface area contributed by atoms with Gasteiger partial charge in [0.15, 0.2) is 0 Å². The minimum Gasteiger partial charge on any atom is -0.508 e. The van der Waals surface area contributed by atoms with Crippen LogP contribution in [0.25, 0.3) is 0 Å². The first kappa shape index (κ1) is 11.4. The highest BCUT2D eigenvalue weighted by molar-refractivity contribution is 5.37. The summed E-state index contributed by atoms with van der Waals surface area (Å²) in [6, 6.07) is 4.50. The number of nitrogens with zero attached hydrogens (tertiary/aromatic N) is 2. The summed E-state index contributed by atoms with van der Waals surface area (Å²) in [7, 11) is 0. The van der Waals surface area contributed by atoms with Gasteiger partial charge in [-0.25, -0.2) is 4.98 Å². The van der Waals surface area contributed by atoms with Gasteiger partial charge in [0.05, 0.1) is 6.54 Å². The maximum Gasteiger partial charge on any atom is 0.138 e. The fourth-order valence-electron chi connectivity index (χ4n) is 1.55. The Balaban J connectivity index is 2.01. The van der Waals surface area contributed by atoms with Crippen LogP contribution in [-0.4, -0.2) is 25.4 Å². The Bertz CT molecular complexity index is 464. The zero-order valence-electron chi connectivity index (χ0n) is 9.38. The van der Waals surface area contributed by atoms with E-state index >= 15 is 0 Å². The van der Waals surface area contributed by atoms with Crippen molar-refractivity contribution >= 4 is 0 Å². The Morgan fingerprint density at radius 3 is 2.59 bits per heavy atom. The first-order chi connectivity index (χ1) is 8.15. The molecule has 0 spiro atoms. The molecule has 6 heteroatoms. The van der Waals surface area contributed by atoms with E-state index < -0.39 is 0 Å². The van der Waals surface area contributed by atoms with Crippen molar-refractivity contribution < 1.29 is 10.2 Å². The van der Waals surface area contributed by atoms with Crippen LogP contribution in [-0.2, 0) is 6.54 Å². The molecule has 1 unspecified atom stereocenters. The SMILES string of the molecule is CC(NCc1ncn[nH]1)c1cc(O)cc(O)c1. The van der Waals surface area contributed by atoms with Gasteiger partial charge in [0.1, 0.15) is 23.7 Å². The first-order valence-corrected chi connectivity index (χ1v) is 5.25. The van der Waals surface area contributed by atoms with Gasteiger partial charge in [-0.05, 0) is 24.6 Å². The zero-order valence-corrected chi connectivity index (χ0v) is 9.38. The van der Waals surface area contributed by atoms with Crippen LogP contribution < -0.4 is 5.32 Å². The van der Waals surface area contributed by atoms with Crippen molar-refractivity contribution in [1.29, 1.82) is 0 Å². The number of hydrogen-bond acceptors (Lipinski definition) is 5. The van der Waals surface area contributed by atoms with Crippen molar-refractivity contribution in [2.75, 3.05) is 0 Å². The summed E-state index contributed by atoms with van der Waals surface area (Å²) in [5.41, 5.74) is 0.807. The average Bonchev–Trinajstić information content (AvgIpc) is 2.77. The first-order valence-electron chi connectivity index (χ1n) is 5.25. The molecule has 1 aromatic heterocycles. The van der Waals surface area contributed by atoms with Crippen LogP contribution >= 0.6 is 0 Å². The summed E-state index contributed by atoms with van der Waals surface area (Å²) >= 11 is 0. The van der Waals surface area contributed by atoms with Crippen molar-refractivity contribution in [2.45, 2.75) is 19.5 Å². The van der Waals surface area contributed by atoms with Gasteiger partial charge in [0.2, 0.25) is 0 Å². The van der Waals surface area contributed by atoms with Crippen molar-refractivity contribution in [3.05, 3.63) is 35.9 Å². The third kappa shape index (κ3) is 2.94. The van der Waals surface area contributed by atoms with Gasteiger partial charge in [0, 0.05) is 12.1 Å². The van der Waals surface area contributed by atoms with E-state index in [-0.39, 0.29) is 17.5 Å². The molecular weight excluding hydrogens is 220 g/mol. The molecule has 6 nitrogen and oxygen atoms in total. The average molecular weight is 234 g/mol. The Hall–Kier alpha value is -2.08. The maximum absolute atomic E-state index is 9.38. The maximum atomic E-state index is 9.38. The van der Waals surface area contributed by atoms with Gasteiger partial charge < -0.3 is 15.5 Å². The summed E-state index contributed by atoms with van der Waals surface area (Å²) in [5.74, 6) is 0.836. The van der Waals surface area contributed by atoms with Crippen LogP contribution in [0.4, 0.5) is 0 Å². The minimum absolute atomic E-state index is 0.0156. The predicted octanol–water partition coefficient (Wildman–Crippen LogP) is 1.07. The van der Waals surface area contributed by atoms with E-state index in [0.29, 0.717) is 6.54 Å². The van der Waals surface area contributed by atoms with Crippen LogP contribution in [0.1, 0.15) is 24.4 Å². The lowest BCUT2D eigenvalue weighted by atomic mass is 10.1. The topological polar surface area (TPSA) is 94.1 Å². The molecule has 1 aromatic carbocycles. The molecule has 0 radical (unpaired) electrons. The van der Waals surface area contributed by atoms with Crippen molar-refractivity contribution in [2.24, 2.45) is 0 Å². The Morgan fingerprint density at radius 1 is 1.29 bits per heavy atom. The van der Waals surface area contributed by atoms with E-state index in [1.54, 1.807) is 12.1 Å². The van der Waals surface area contributed by atoms with E-state index in [1.807, 2.05) is 6.92 Å². The number of benzene rings is 1. The normalized spacial score (nSPS) is 12.5. The largest absolute Gasteiger partial charge is 0.508 e. The highest BCUT2D eigenvalue weighted by Gasteiger charge is 2.08. The second-order valence-corrected chi connectivity index (χ2v) is 3.82. The lowest BCUT2D eigenvalue weighted by Crippen LogP contribution is -2.18. The van der Waals surface area contributed by atoms with Gasteiger partial charge in [-0.3, -0.25) is 5.10 Å². The number of aromatic amines is 1. The molecule has 90 valence electrons. The number of phenolic OH excluding ortho intramolecular Hbond substituents is 2. The number of aromatic hydroxyl groups is 2. The smallest absolute Gasteiger partial charge is 0.138 e.